The van der Waals surface area contributed by atoms with Crippen LogP contribution in [-0.4, -0.2) is 36.2 Å². The van der Waals surface area contributed by atoms with Gasteiger partial charge in [-0.1, -0.05) is 43.3 Å². The van der Waals surface area contributed by atoms with E-state index in [2.05, 4.69) is 17.1 Å². The van der Waals surface area contributed by atoms with Crippen molar-refractivity contribution in [3.63, 3.8) is 0 Å². The Morgan fingerprint density at radius 1 is 1.08 bits per heavy atom. The van der Waals surface area contributed by atoms with Crippen molar-refractivity contribution < 1.29 is 9.84 Å². The Bertz CT molecular complexity index is 650. The Balaban J connectivity index is 0.00000169. The van der Waals surface area contributed by atoms with Gasteiger partial charge >= 0.3 is 0 Å². The summed E-state index contributed by atoms with van der Waals surface area (Å²) in [6, 6.07) is 16.0. The van der Waals surface area contributed by atoms with Crippen molar-refractivity contribution in [2.24, 2.45) is 0 Å². The number of nitrogens with one attached hydrogen (secondary N) is 1. The Morgan fingerprint density at radius 3 is 2.38 bits per heavy atom. The summed E-state index contributed by atoms with van der Waals surface area (Å²) < 4.78 is 5.80. The molecule has 1 fully saturated rings. The molecule has 6 heteroatoms. The molecule has 1 saturated heterocycles. The molecule has 0 radical (unpaired) electrons. The molecule has 0 aliphatic carbocycles. The number of aromatic hydroxyl groups is 1. The molecule has 3 rings (SSSR count). The maximum Gasteiger partial charge on any atom is 0.124 e. The molecule has 0 amide bonds. The van der Waals surface area contributed by atoms with Crippen molar-refractivity contribution in [2.45, 2.75) is 26.0 Å². The quantitative estimate of drug-likeness (QED) is 0.765. The number of hydrogen-bond donors (Lipinski definition) is 2. The van der Waals surface area contributed by atoms with Crippen LogP contribution in [0.1, 0.15) is 30.5 Å². The van der Waals surface area contributed by atoms with Crippen LogP contribution in [0.4, 0.5) is 0 Å². The van der Waals surface area contributed by atoms with Gasteiger partial charge in [0, 0.05) is 43.9 Å². The van der Waals surface area contributed by atoms with Crippen LogP contribution >= 0.6 is 24.8 Å². The minimum atomic E-state index is 0. The van der Waals surface area contributed by atoms with Crippen LogP contribution in [0.5, 0.6) is 11.5 Å². The Morgan fingerprint density at radius 2 is 1.77 bits per heavy atom. The fourth-order valence-electron chi connectivity index (χ4n) is 3.30. The fraction of sp³-hybridized carbons (Fsp3) is 0.400. The molecule has 144 valence electrons. The van der Waals surface area contributed by atoms with E-state index in [1.165, 1.54) is 0 Å². The Kier molecular flexibility index (Phi) is 9.81. The minimum Gasteiger partial charge on any atom is -0.507 e. The lowest BCUT2D eigenvalue weighted by Gasteiger charge is -2.35. The third-order valence-electron chi connectivity index (χ3n) is 4.59. The van der Waals surface area contributed by atoms with Crippen molar-refractivity contribution in [3.8, 4) is 11.5 Å². The van der Waals surface area contributed by atoms with Crippen LogP contribution in [0.2, 0.25) is 0 Å². The summed E-state index contributed by atoms with van der Waals surface area (Å²) in [6.45, 7) is 6.74. The van der Waals surface area contributed by atoms with Crippen LogP contribution in [0.25, 0.3) is 0 Å². The van der Waals surface area contributed by atoms with Crippen molar-refractivity contribution in [1.82, 2.24) is 10.2 Å². The van der Waals surface area contributed by atoms with Crippen LogP contribution in [0.3, 0.4) is 0 Å². The number of phenols is 1. The highest BCUT2D eigenvalue weighted by Gasteiger charge is 2.23. The van der Waals surface area contributed by atoms with Gasteiger partial charge in [0.1, 0.15) is 18.1 Å². The highest BCUT2D eigenvalue weighted by Crippen LogP contribution is 2.34. The third-order valence-corrected chi connectivity index (χ3v) is 4.59. The smallest absolute Gasteiger partial charge is 0.124 e. The Labute approximate surface area is 168 Å². The molecular weight excluding hydrogens is 371 g/mol. The topological polar surface area (TPSA) is 44.7 Å². The predicted octanol–water partition coefficient (Wildman–Crippen LogP) is 4.17. The van der Waals surface area contributed by atoms with Gasteiger partial charge in [0.15, 0.2) is 0 Å². The molecule has 4 nitrogen and oxygen atoms in total. The van der Waals surface area contributed by atoms with Gasteiger partial charge in [-0.25, -0.2) is 0 Å². The molecule has 0 saturated carbocycles. The van der Waals surface area contributed by atoms with Crippen molar-refractivity contribution in [3.05, 3.63) is 59.7 Å². The van der Waals surface area contributed by atoms with E-state index in [4.69, 9.17) is 4.74 Å². The summed E-state index contributed by atoms with van der Waals surface area (Å²) in [4.78, 5) is 2.44. The predicted molar refractivity (Wildman–Crippen MR) is 111 cm³/mol. The average Bonchev–Trinajstić information content (AvgIpc) is 2.64. The van der Waals surface area contributed by atoms with Gasteiger partial charge in [-0.15, -0.1) is 24.8 Å². The largest absolute Gasteiger partial charge is 0.507 e. The first-order valence-corrected chi connectivity index (χ1v) is 8.72. The molecule has 0 aromatic heterocycles. The van der Waals surface area contributed by atoms with E-state index in [-0.39, 0.29) is 30.9 Å². The van der Waals surface area contributed by atoms with E-state index in [0.717, 1.165) is 43.7 Å². The summed E-state index contributed by atoms with van der Waals surface area (Å²) in [5, 5.41) is 13.9. The number of benzene rings is 2. The number of rotatable bonds is 6. The highest BCUT2D eigenvalue weighted by atomic mass is 35.5. The second-order valence-corrected chi connectivity index (χ2v) is 6.20. The van der Waals surface area contributed by atoms with Crippen LogP contribution < -0.4 is 10.1 Å². The van der Waals surface area contributed by atoms with E-state index >= 15 is 0 Å². The molecule has 2 N–H and O–H groups in total. The molecule has 0 bridgehead atoms. The lowest BCUT2D eigenvalue weighted by molar-refractivity contribution is 0.166. The van der Waals surface area contributed by atoms with Crippen LogP contribution in [0.15, 0.2) is 48.5 Å². The molecule has 1 aliphatic heterocycles. The van der Waals surface area contributed by atoms with E-state index in [9.17, 15) is 5.11 Å². The summed E-state index contributed by atoms with van der Waals surface area (Å²) in [6.07, 6.45) is 0.984. The monoisotopic (exact) mass is 398 g/mol. The first-order valence-electron chi connectivity index (χ1n) is 8.72. The summed E-state index contributed by atoms with van der Waals surface area (Å²) in [5.41, 5.74) is 2.11. The van der Waals surface area contributed by atoms with Crippen LogP contribution in [-0.2, 0) is 6.61 Å². The maximum absolute atomic E-state index is 10.5. The zero-order valence-electron chi connectivity index (χ0n) is 15.1. The summed E-state index contributed by atoms with van der Waals surface area (Å²) in [5.74, 6) is 1.03. The SMILES string of the molecule is CC[C@@H](c1ccc(OCc2ccccc2)cc1O)N1CCNCC1.Cl.Cl. The average molecular weight is 399 g/mol. The van der Waals surface area contributed by atoms with Gasteiger partial charge in [0.25, 0.3) is 0 Å². The fourth-order valence-corrected chi connectivity index (χ4v) is 3.30. The van der Waals surface area contributed by atoms with Crippen molar-refractivity contribution >= 4 is 24.8 Å². The van der Waals surface area contributed by atoms with Gasteiger partial charge < -0.3 is 15.2 Å². The van der Waals surface area contributed by atoms with E-state index < -0.39 is 0 Å². The van der Waals surface area contributed by atoms with Crippen molar-refractivity contribution in [1.29, 1.82) is 0 Å². The first-order chi connectivity index (χ1) is 11.8. The first kappa shape index (κ1) is 22.6. The van der Waals surface area contributed by atoms with Gasteiger partial charge in [0.05, 0.1) is 0 Å². The minimum absolute atomic E-state index is 0. The zero-order chi connectivity index (χ0) is 16.8. The second-order valence-electron chi connectivity index (χ2n) is 6.20. The van der Waals surface area contributed by atoms with E-state index in [1.54, 1.807) is 6.07 Å². The lowest BCUT2D eigenvalue weighted by atomic mass is 10.0. The molecule has 2 aromatic carbocycles. The molecule has 1 aliphatic rings. The third kappa shape index (κ3) is 5.78. The number of piperazine rings is 1. The van der Waals surface area contributed by atoms with Gasteiger partial charge in [-0.3, -0.25) is 4.90 Å². The van der Waals surface area contributed by atoms with Crippen molar-refractivity contribution in [2.75, 3.05) is 26.2 Å². The standard InChI is InChI=1S/C20H26N2O2.2ClH/c1-2-19(22-12-10-21-11-13-22)18-9-8-17(14-20(18)23)24-15-16-6-4-3-5-7-16;;/h3-9,14,19,21,23H,2,10-13,15H2,1H3;2*1H/t19-;;/m0../s1. The molecule has 2 aromatic rings. The van der Waals surface area contributed by atoms with E-state index in [1.807, 2.05) is 42.5 Å². The molecule has 0 spiro atoms. The normalized spacial score (nSPS) is 15.4. The highest BCUT2D eigenvalue weighted by molar-refractivity contribution is 5.85. The number of halogens is 2. The number of nitrogens with zero attached hydrogens (tertiary/aromatic N) is 1. The lowest BCUT2D eigenvalue weighted by Crippen LogP contribution is -2.45. The molecule has 0 unspecified atom stereocenters. The molecule has 1 heterocycles. The van der Waals surface area contributed by atoms with Crippen LogP contribution in [0, 0.1) is 0 Å². The number of hydrogen-bond acceptors (Lipinski definition) is 4. The summed E-state index contributed by atoms with van der Waals surface area (Å²) >= 11 is 0. The van der Waals surface area contributed by atoms with Gasteiger partial charge in [-0.05, 0) is 18.1 Å². The number of phenolic OH excluding ortho intramolecular Hbond substituents is 1. The van der Waals surface area contributed by atoms with E-state index in [0.29, 0.717) is 18.1 Å². The molecular formula is C20H28Cl2N2O2. The maximum atomic E-state index is 10.5. The zero-order valence-corrected chi connectivity index (χ0v) is 16.7. The molecule has 1 atom stereocenters. The second kappa shape index (κ2) is 11.3. The Hall–Kier alpha value is -1.46. The molecule has 26 heavy (non-hydrogen) atoms. The summed E-state index contributed by atoms with van der Waals surface area (Å²) in [7, 11) is 0. The number of ether oxygens (including phenoxy) is 1. The van der Waals surface area contributed by atoms with Gasteiger partial charge in [0.2, 0.25) is 0 Å². The van der Waals surface area contributed by atoms with Gasteiger partial charge in [-0.2, -0.15) is 0 Å².